The highest BCUT2D eigenvalue weighted by Crippen LogP contribution is 2.57. The van der Waals surface area contributed by atoms with E-state index in [2.05, 4.69) is 4.98 Å². The van der Waals surface area contributed by atoms with Gasteiger partial charge in [-0.2, -0.15) is 13.8 Å². The van der Waals surface area contributed by atoms with Gasteiger partial charge in [-0.25, -0.2) is 18.1 Å². The molecule has 1 aromatic carbocycles. The Hall–Kier alpha value is -2.22. The summed E-state index contributed by atoms with van der Waals surface area (Å²) in [6.07, 6.45) is -9.16. The molecule has 0 saturated carbocycles. The van der Waals surface area contributed by atoms with Crippen LogP contribution in [0.1, 0.15) is 11.8 Å². The lowest BCUT2D eigenvalue weighted by Gasteiger charge is -2.32. The predicted molar refractivity (Wildman–Crippen MR) is 103 cm³/mol. The summed E-state index contributed by atoms with van der Waals surface area (Å²) in [6, 6.07) is 6.16. The molecule has 3 heterocycles. The topological polar surface area (TPSA) is 135 Å². The van der Waals surface area contributed by atoms with Gasteiger partial charge < -0.3 is 20.1 Å². The Balaban J connectivity index is 1.64. The number of nitrogens with two attached hydrogens (primary N) is 1. The third-order valence-corrected chi connectivity index (χ3v) is 6.66. The minimum absolute atomic E-state index is 0.0726. The van der Waals surface area contributed by atoms with E-state index in [0.717, 1.165) is 0 Å². The Bertz CT molecular complexity index is 1190. The van der Waals surface area contributed by atoms with Gasteiger partial charge >= 0.3 is 19.4 Å². The Morgan fingerprint density at radius 3 is 2.79 bits per heavy atom. The van der Waals surface area contributed by atoms with Crippen LogP contribution in [-0.2, 0) is 25.0 Å². The van der Waals surface area contributed by atoms with E-state index in [1.165, 1.54) is 12.1 Å². The number of nitrogen functional groups attached to an aromatic ring is 1. The molecule has 4 rings (SSSR count). The van der Waals surface area contributed by atoms with Crippen molar-refractivity contribution >= 4 is 25.2 Å². The minimum atomic E-state index is -4.55. The highest BCUT2D eigenvalue weighted by atomic mass is 35.5. The van der Waals surface area contributed by atoms with Crippen LogP contribution in [0.3, 0.4) is 0 Å². The second-order valence-corrected chi connectivity index (χ2v) is 9.16. The zero-order chi connectivity index (χ0) is 24.2. The molecular formula is C17H15ClF4N3O7P. The lowest BCUT2D eigenvalue weighted by molar-refractivity contribution is -0.194. The summed E-state index contributed by atoms with van der Waals surface area (Å²) < 4.78 is 90.4. The fourth-order valence-corrected chi connectivity index (χ4v) is 4.68. The maximum absolute atomic E-state index is 14.9. The molecule has 0 bridgehead atoms. The largest absolute Gasteiger partial charge is 0.530 e. The lowest BCUT2D eigenvalue weighted by atomic mass is 9.96. The van der Waals surface area contributed by atoms with Crippen LogP contribution >= 0.6 is 19.4 Å². The second kappa shape index (κ2) is 8.22. The molecule has 0 spiro atoms. The van der Waals surface area contributed by atoms with Crippen LogP contribution in [0.2, 0.25) is 5.02 Å². The van der Waals surface area contributed by atoms with Crippen LogP contribution < -0.4 is 15.9 Å². The van der Waals surface area contributed by atoms with Gasteiger partial charge in [0.05, 0.1) is 18.2 Å². The van der Waals surface area contributed by atoms with Crippen molar-refractivity contribution in [1.82, 2.24) is 9.55 Å². The first-order chi connectivity index (χ1) is 15.4. The molecule has 3 N–H and O–H groups in total. The van der Waals surface area contributed by atoms with Crippen LogP contribution in [0.15, 0.2) is 35.3 Å². The number of nitrogens with zero attached hydrogens (tertiary/aromatic N) is 2. The molecule has 2 aromatic rings. The summed E-state index contributed by atoms with van der Waals surface area (Å²) in [4.78, 5) is 15.3. The first-order valence-electron chi connectivity index (χ1n) is 9.12. The molecule has 180 valence electrons. The summed E-state index contributed by atoms with van der Waals surface area (Å²) in [6.45, 7) is -1.81. The number of phosphoric acid groups is 1. The van der Waals surface area contributed by atoms with E-state index in [0.29, 0.717) is 11.8 Å². The Kier molecular flexibility index (Phi) is 5.96. The highest BCUT2D eigenvalue weighted by Gasteiger charge is 2.71. The van der Waals surface area contributed by atoms with Gasteiger partial charge in [-0.05, 0) is 6.07 Å². The summed E-state index contributed by atoms with van der Waals surface area (Å²) in [5.41, 5.74) is 0.981. The molecule has 10 nitrogen and oxygen atoms in total. The van der Waals surface area contributed by atoms with E-state index in [-0.39, 0.29) is 16.9 Å². The van der Waals surface area contributed by atoms with Crippen LogP contribution in [0.25, 0.3) is 0 Å². The minimum Gasteiger partial charge on any atom is -0.404 e. The Labute approximate surface area is 187 Å². The summed E-state index contributed by atoms with van der Waals surface area (Å²) in [5.74, 6) is -4.88. The standard InChI is InChI=1S/C17H15ClF4N3O7P/c18-9-5-25(15(27)24-11(9)23)14-17(21,22)12(26)16(31-14,13(19)20)7-30-33(28)29-6-8-3-1-2-4-10(8)32-33/h1-5,12-14,26H,6-7H2,(H2,23,24,27)/t12-,14-,16-,33?/m1/s1. The van der Waals surface area contributed by atoms with E-state index in [1.807, 2.05) is 0 Å². The van der Waals surface area contributed by atoms with Gasteiger partial charge in [0.15, 0.2) is 11.7 Å². The second-order valence-electron chi connectivity index (χ2n) is 7.16. The molecule has 1 unspecified atom stereocenters. The van der Waals surface area contributed by atoms with Crippen LogP contribution in [-0.4, -0.2) is 45.3 Å². The van der Waals surface area contributed by atoms with Crippen molar-refractivity contribution in [1.29, 1.82) is 0 Å². The van der Waals surface area contributed by atoms with Gasteiger partial charge in [-0.1, -0.05) is 29.8 Å². The molecule has 16 heteroatoms. The third kappa shape index (κ3) is 4.00. The number of aliphatic hydroxyl groups excluding tert-OH is 1. The molecule has 4 atom stereocenters. The van der Waals surface area contributed by atoms with E-state index in [1.54, 1.807) is 12.1 Å². The molecule has 2 aliphatic heterocycles. The van der Waals surface area contributed by atoms with Crippen molar-refractivity contribution in [3.8, 4) is 5.75 Å². The lowest BCUT2D eigenvalue weighted by Crippen LogP contribution is -2.54. The van der Waals surface area contributed by atoms with E-state index < -0.39 is 61.2 Å². The van der Waals surface area contributed by atoms with Crippen molar-refractivity contribution in [2.75, 3.05) is 12.3 Å². The zero-order valence-corrected chi connectivity index (χ0v) is 17.9. The van der Waals surface area contributed by atoms with Gasteiger partial charge in [0.1, 0.15) is 11.6 Å². The summed E-state index contributed by atoms with van der Waals surface area (Å²) in [5, 5.41) is 9.71. The van der Waals surface area contributed by atoms with Crippen molar-refractivity contribution in [2.45, 2.75) is 36.9 Å². The number of aromatic nitrogens is 2. The molecule has 1 saturated heterocycles. The van der Waals surface area contributed by atoms with Crippen molar-refractivity contribution in [3.63, 3.8) is 0 Å². The number of phosphoric ester groups is 1. The summed E-state index contributed by atoms with van der Waals surface area (Å²) >= 11 is 5.70. The number of rotatable bonds is 5. The van der Waals surface area contributed by atoms with Gasteiger partial charge in [-0.15, -0.1) is 0 Å². The van der Waals surface area contributed by atoms with Crippen molar-refractivity contribution in [3.05, 3.63) is 51.5 Å². The smallest absolute Gasteiger partial charge is 0.404 e. The van der Waals surface area contributed by atoms with E-state index in [4.69, 9.17) is 35.6 Å². The van der Waals surface area contributed by atoms with Gasteiger partial charge in [0.25, 0.3) is 6.43 Å². The summed E-state index contributed by atoms with van der Waals surface area (Å²) in [7, 11) is -4.55. The molecular weight excluding hydrogens is 501 g/mol. The Morgan fingerprint density at radius 1 is 1.39 bits per heavy atom. The molecule has 0 amide bonds. The number of anilines is 1. The monoisotopic (exact) mass is 515 g/mol. The van der Waals surface area contributed by atoms with Gasteiger partial charge in [-0.3, -0.25) is 13.6 Å². The average molecular weight is 516 g/mol. The number of hydrogen-bond donors (Lipinski definition) is 2. The fourth-order valence-electron chi connectivity index (χ4n) is 3.28. The van der Waals surface area contributed by atoms with Gasteiger partial charge in [0.2, 0.25) is 6.23 Å². The normalized spacial score (nSPS) is 30.8. The maximum atomic E-state index is 14.9. The first kappa shape index (κ1) is 23.9. The Morgan fingerprint density at radius 2 is 2.09 bits per heavy atom. The van der Waals surface area contributed by atoms with Crippen molar-refractivity contribution < 1.29 is 45.5 Å². The molecule has 0 radical (unpaired) electrons. The molecule has 2 aliphatic rings. The van der Waals surface area contributed by atoms with E-state index >= 15 is 0 Å². The first-order valence-corrected chi connectivity index (χ1v) is 11.0. The predicted octanol–water partition coefficient (Wildman–Crippen LogP) is 2.74. The SMILES string of the molecule is Nc1nc(=O)n([C@@H]2O[C@@](COP3(=O)OCc4ccccc4O3)(C(F)F)[C@@H](O)C2(F)F)cc1Cl. The quantitative estimate of drug-likeness (QED) is 0.455. The molecule has 1 fully saturated rings. The molecule has 0 aliphatic carbocycles. The third-order valence-electron chi connectivity index (χ3n) is 5.05. The number of benzene rings is 1. The van der Waals surface area contributed by atoms with Gasteiger partial charge in [0, 0.05) is 11.8 Å². The number of para-hydroxylation sites is 1. The highest BCUT2D eigenvalue weighted by molar-refractivity contribution is 7.49. The van der Waals surface area contributed by atoms with E-state index in [9.17, 15) is 32.0 Å². The molecule has 1 aromatic heterocycles. The number of fused-ring (bicyclic) bond motifs is 1. The van der Waals surface area contributed by atoms with Crippen LogP contribution in [0.4, 0.5) is 23.4 Å². The number of aliphatic hydroxyl groups is 1. The number of alkyl halides is 4. The van der Waals surface area contributed by atoms with Crippen LogP contribution in [0, 0.1) is 0 Å². The average Bonchev–Trinajstić information content (AvgIpc) is 2.96. The fraction of sp³-hybridized carbons (Fsp3) is 0.412. The number of halogens is 5. The molecule has 33 heavy (non-hydrogen) atoms. The van der Waals surface area contributed by atoms with Crippen molar-refractivity contribution in [2.24, 2.45) is 0 Å². The number of ether oxygens (including phenoxy) is 1. The zero-order valence-electron chi connectivity index (χ0n) is 16.2. The maximum Gasteiger partial charge on any atom is 0.530 e. The van der Waals surface area contributed by atoms with Crippen LogP contribution in [0.5, 0.6) is 5.75 Å². The number of hydrogen-bond acceptors (Lipinski definition) is 9.